The lowest BCUT2D eigenvalue weighted by Gasteiger charge is -2.12. The summed E-state index contributed by atoms with van der Waals surface area (Å²) in [7, 11) is 0. The summed E-state index contributed by atoms with van der Waals surface area (Å²) in [5.41, 5.74) is 3.39. The predicted molar refractivity (Wildman–Crippen MR) is 89.0 cm³/mol. The minimum Gasteiger partial charge on any atom is -0.255 e. The van der Waals surface area contributed by atoms with Crippen LogP contribution >= 0.6 is 15.9 Å². The number of rotatable bonds is 3. The molecule has 0 saturated heterocycles. The number of allylic oxidation sites excluding steroid dienone is 1. The fourth-order valence-corrected chi connectivity index (χ4v) is 2.72. The zero-order valence-electron chi connectivity index (χ0n) is 11.0. The number of nitrogens with zero attached hydrogens (tertiary/aromatic N) is 1. The van der Waals surface area contributed by atoms with Crippen molar-refractivity contribution in [1.82, 2.24) is 4.98 Å². The molecule has 0 bridgehead atoms. The van der Waals surface area contributed by atoms with E-state index in [2.05, 4.69) is 57.8 Å². The zero-order valence-corrected chi connectivity index (χ0v) is 12.6. The van der Waals surface area contributed by atoms with Crippen molar-refractivity contribution in [1.29, 1.82) is 0 Å². The molecule has 2 aromatic carbocycles. The molecule has 0 saturated carbocycles. The van der Waals surface area contributed by atoms with Crippen molar-refractivity contribution in [2.45, 2.75) is 6.42 Å². The van der Waals surface area contributed by atoms with Crippen LogP contribution in [0.4, 0.5) is 0 Å². The molecule has 0 atom stereocenters. The van der Waals surface area contributed by atoms with E-state index < -0.39 is 0 Å². The molecule has 1 aromatic heterocycles. The highest BCUT2D eigenvalue weighted by atomic mass is 79.9. The van der Waals surface area contributed by atoms with Gasteiger partial charge in [-0.25, -0.2) is 0 Å². The average Bonchev–Trinajstić information content (AvgIpc) is 2.48. The molecule has 0 radical (unpaired) electrons. The van der Waals surface area contributed by atoms with E-state index in [0.717, 1.165) is 27.5 Å². The quantitative estimate of drug-likeness (QED) is 0.632. The molecular formula is C18H14BrN. The van der Waals surface area contributed by atoms with Crippen LogP contribution in [0.1, 0.15) is 5.56 Å². The molecule has 0 aliphatic rings. The number of halogens is 1. The van der Waals surface area contributed by atoms with Gasteiger partial charge in [0.2, 0.25) is 0 Å². The van der Waals surface area contributed by atoms with Gasteiger partial charge in [0, 0.05) is 23.6 Å². The van der Waals surface area contributed by atoms with Gasteiger partial charge in [0.1, 0.15) is 0 Å². The standard InChI is InChI=1S/C18H14BrN/c1-13(19)11-17-16-10-6-5-9-15(16)12-20-18(17)14-7-3-2-4-8-14/h2-10,12H,1,11H2. The second-order valence-corrected chi connectivity index (χ2v) is 5.85. The molecule has 98 valence electrons. The highest BCUT2D eigenvalue weighted by molar-refractivity contribution is 9.11. The Morgan fingerprint density at radius 3 is 2.45 bits per heavy atom. The third-order valence-electron chi connectivity index (χ3n) is 3.32. The maximum absolute atomic E-state index is 4.67. The van der Waals surface area contributed by atoms with Crippen LogP contribution in [-0.2, 0) is 6.42 Å². The molecule has 0 fully saturated rings. The van der Waals surface area contributed by atoms with E-state index in [1.807, 2.05) is 30.5 Å². The van der Waals surface area contributed by atoms with Crippen LogP contribution in [0.3, 0.4) is 0 Å². The highest BCUT2D eigenvalue weighted by Crippen LogP contribution is 2.30. The molecule has 0 aliphatic carbocycles. The number of pyridine rings is 1. The Morgan fingerprint density at radius 2 is 1.70 bits per heavy atom. The molecule has 1 nitrogen and oxygen atoms in total. The van der Waals surface area contributed by atoms with Crippen molar-refractivity contribution in [2.75, 3.05) is 0 Å². The minimum atomic E-state index is 0.776. The molecule has 0 N–H and O–H groups in total. The lowest BCUT2D eigenvalue weighted by molar-refractivity contribution is 1.22. The van der Waals surface area contributed by atoms with E-state index in [1.165, 1.54) is 10.9 Å². The van der Waals surface area contributed by atoms with Gasteiger partial charge in [-0.05, 0) is 15.4 Å². The maximum Gasteiger partial charge on any atom is 0.0743 e. The van der Waals surface area contributed by atoms with Crippen LogP contribution < -0.4 is 0 Å². The van der Waals surface area contributed by atoms with E-state index in [0.29, 0.717) is 0 Å². The number of benzene rings is 2. The van der Waals surface area contributed by atoms with Crippen LogP contribution in [0.15, 0.2) is 71.9 Å². The zero-order chi connectivity index (χ0) is 13.9. The Labute approximate surface area is 127 Å². The first kappa shape index (κ1) is 13.1. The van der Waals surface area contributed by atoms with Gasteiger partial charge in [-0.2, -0.15) is 0 Å². The van der Waals surface area contributed by atoms with Gasteiger partial charge in [0.15, 0.2) is 0 Å². The summed E-state index contributed by atoms with van der Waals surface area (Å²) < 4.78 is 0.966. The summed E-state index contributed by atoms with van der Waals surface area (Å²) in [5.74, 6) is 0. The smallest absolute Gasteiger partial charge is 0.0743 e. The molecule has 3 rings (SSSR count). The van der Waals surface area contributed by atoms with E-state index in [9.17, 15) is 0 Å². The fourth-order valence-electron chi connectivity index (χ4n) is 2.44. The lowest BCUT2D eigenvalue weighted by atomic mass is 9.98. The van der Waals surface area contributed by atoms with Crippen molar-refractivity contribution in [3.05, 3.63) is 77.4 Å². The molecule has 0 amide bonds. The molecule has 0 unspecified atom stereocenters. The fraction of sp³-hybridized carbons (Fsp3) is 0.0556. The summed E-state index contributed by atoms with van der Waals surface area (Å²) in [6.07, 6.45) is 2.72. The summed E-state index contributed by atoms with van der Waals surface area (Å²) in [5, 5.41) is 2.40. The Morgan fingerprint density at radius 1 is 1.00 bits per heavy atom. The van der Waals surface area contributed by atoms with E-state index in [4.69, 9.17) is 0 Å². The topological polar surface area (TPSA) is 12.9 Å². The minimum absolute atomic E-state index is 0.776. The molecule has 2 heteroatoms. The van der Waals surface area contributed by atoms with E-state index >= 15 is 0 Å². The summed E-state index contributed by atoms with van der Waals surface area (Å²) >= 11 is 3.48. The van der Waals surface area contributed by atoms with Gasteiger partial charge < -0.3 is 0 Å². The van der Waals surface area contributed by atoms with Crippen molar-refractivity contribution in [3.8, 4) is 11.3 Å². The summed E-state index contributed by atoms with van der Waals surface area (Å²) in [6.45, 7) is 3.98. The molecule has 20 heavy (non-hydrogen) atoms. The Balaban J connectivity index is 2.28. The van der Waals surface area contributed by atoms with Crippen LogP contribution in [0.5, 0.6) is 0 Å². The van der Waals surface area contributed by atoms with Crippen LogP contribution in [-0.4, -0.2) is 4.98 Å². The Kier molecular flexibility index (Phi) is 3.66. The first-order valence-electron chi connectivity index (χ1n) is 6.51. The number of hydrogen-bond donors (Lipinski definition) is 0. The number of aromatic nitrogens is 1. The first-order chi connectivity index (χ1) is 9.75. The normalized spacial score (nSPS) is 10.7. The molecule has 0 aliphatic heterocycles. The Bertz CT molecular complexity index is 763. The third kappa shape index (κ3) is 2.52. The average molecular weight is 324 g/mol. The number of hydrogen-bond acceptors (Lipinski definition) is 1. The summed E-state index contributed by atoms with van der Waals surface area (Å²) in [4.78, 5) is 4.67. The molecule has 3 aromatic rings. The highest BCUT2D eigenvalue weighted by Gasteiger charge is 2.11. The summed E-state index contributed by atoms with van der Waals surface area (Å²) in [6, 6.07) is 18.6. The van der Waals surface area contributed by atoms with Crippen molar-refractivity contribution in [3.63, 3.8) is 0 Å². The third-order valence-corrected chi connectivity index (χ3v) is 3.60. The Hall–Kier alpha value is -1.93. The van der Waals surface area contributed by atoms with Crippen LogP contribution in [0.2, 0.25) is 0 Å². The first-order valence-corrected chi connectivity index (χ1v) is 7.30. The van der Waals surface area contributed by atoms with E-state index in [1.54, 1.807) is 0 Å². The molecule has 0 spiro atoms. The second-order valence-electron chi connectivity index (χ2n) is 4.73. The van der Waals surface area contributed by atoms with Crippen molar-refractivity contribution < 1.29 is 0 Å². The monoisotopic (exact) mass is 323 g/mol. The van der Waals surface area contributed by atoms with Gasteiger partial charge in [0.05, 0.1) is 5.69 Å². The second kappa shape index (κ2) is 5.59. The number of fused-ring (bicyclic) bond motifs is 1. The lowest BCUT2D eigenvalue weighted by Crippen LogP contribution is -1.95. The van der Waals surface area contributed by atoms with Crippen molar-refractivity contribution in [2.24, 2.45) is 0 Å². The van der Waals surface area contributed by atoms with Crippen LogP contribution in [0, 0.1) is 0 Å². The van der Waals surface area contributed by atoms with Crippen LogP contribution in [0.25, 0.3) is 22.0 Å². The predicted octanol–water partition coefficient (Wildman–Crippen LogP) is 5.35. The van der Waals surface area contributed by atoms with Gasteiger partial charge >= 0.3 is 0 Å². The largest absolute Gasteiger partial charge is 0.255 e. The molecular weight excluding hydrogens is 310 g/mol. The SMILES string of the molecule is C=C(Br)Cc1c(-c2ccccc2)ncc2ccccc12. The maximum atomic E-state index is 4.67. The van der Waals surface area contributed by atoms with Gasteiger partial charge in [-0.15, -0.1) is 0 Å². The van der Waals surface area contributed by atoms with E-state index in [-0.39, 0.29) is 0 Å². The van der Waals surface area contributed by atoms with Gasteiger partial charge in [-0.3, -0.25) is 4.98 Å². The van der Waals surface area contributed by atoms with Crippen molar-refractivity contribution >= 4 is 26.7 Å². The van der Waals surface area contributed by atoms with Gasteiger partial charge in [-0.1, -0.05) is 77.1 Å². The van der Waals surface area contributed by atoms with Gasteiger partial charge in [0.25, 0.3) is 0 Å². The molecule has 1 heterocycles.